The van der Waals surface area contributed by atoms with Gasteiger partial charge in [0.1, 0.15) is 5.82 Å². The van der Waals surface area contributed by atoms with Gasteiger partial charge in [-0.25, -0.2) is 4.98 Å². The van der Waals surface area contributed by atoms with Crippen LogP contribution in [-0.4, -0.2) is 35.0 Å². The number of aromatic nitrogens is 1. The van der Waals surface area contributed by atoms with Gasteiger partial charge in [-0.3, -0.25) is 9.59 Å². The maximum Gasteiger partial charge on any atom is 0.258 e. The summed E-state index contributed by atoms with van der Waals surface area (Å²) in [4.78, 5) is 29.5. The third kappa shape index (κ3) is 5.07. The van der Waals surface area contributed by atoms with Gasteiger partial charge < -0.3 is 21.1 Å². The number of carbonyl (C=O) groups is 2. The monoisotopic (exact) mass is 402 g/mol. The number of benzene rings is 1. The van der Waals surface area contributed by atoms with Crippen LogP contribution >= 0.6 is 11.6 Å². The van der Waals surface area contributed by atoms with Gasteiger partial charge in [0.2, 0.25) is 5.91 Å². The topological polar surface area (TPSA) is 103 Å². The molecule has 0 saturated carbocycles. The molecule has 1 fully saturated rings. The van der Waals surface area contributed by atoms with Gasteiger partial charge in [-0.2, -0.15) is 0 Å². The second kappa shape index (κ2) is 9.14. The second-order valence-corrected chi connectivity index (χ2v) is 7.25. The first kappa shape index (κ1) is 20.3. The maximum atomic E-state index is 12.8. The first-order chi connectivity index (χ1) is 13.4. The molecule has 1 aliphatic rings. The largest absolute Gasteiger partial charge is 0.389 e. The maximum absolute atomic E-state index is 12.8. The van der Waals surface area contributed by atoms with E-state index in [0.717, 1.165) is 25.9 Å². The van der Waals surface area contributed by atoms with Crippen molar-refractivity contribution in [3.63, 3.8) is 0 Å². The lowest BCUT2D eigenvalue weighted by Crippen LogP contribution is -2.35. The summed E-state index contributed by atoms with van der Waals surface area (Å²) in [6.45, 7) is 3.22. The lowest BCUT2D eigenvalue weighted by Gasteiger charge is -2.22. The minimum absolute atomic E-state index is 0.0912. The summed E-state index contributed by atoms with van der Waals surface area (Å²) in [6.07, 6.45) is 2.21. The van der Waals surface area contributed by atoms with Crippen LogP contribution in [0.1, 0.15) is 41.8 Å². The molecule has 0 bridgehead atoms. The number of nitrogens with zero attached hydrogens (tertiary/aromatic N) is 1. The van der Waals surface area contributed by atoms with Crippen molar-refractivity contribution >= 4 is 34.9 Å². The number of aliphatic hydroxyl groups is 1. The Morgan fingerprint density at radius 1 is 1.21 bits per heavy atom. The molecule has 0 spiro atoms. The Bertz CT molecular complexity index is 849. The van der Waals surface area contributed by atoms with Gasteiger partial charge in [0.15, 0.2) is 0 Å². The Balaban J connectivity index is 1.83. The van der Waals surface area contributed by atoms with E-state index in [4.69, 9.17) is 11.6 Å². The fraction of sp³-hybridized carbons (Fsp3) is 0.350. The van der Waals surface area contributed by atoms with Crippen LogP contribution in [0.15, 0.2) is 36.5 Å². The van der Waals surface area contributed by atoms with E-state index in [1.54, 1.807) is 37.3 Å². The van der Waals surface area contributed by atoms with Crippen LogP contribution < -0.4 is 16.0 Å². The lowest BCUT2D eigenvalue weighted by molar-refractivity contribution is -0.120. The minimum Gasteiger partial charge on any atom is -0.389 e. The van der Waals surface area contributed by atoms with E-state index in [1.165, 1.54) is 6.20 Å². The molecule has 1 saturated heterocycles. The highest BCUT2D eigenvalue weighted by Gasteiger charge is 2.23. The zero-order chi connectivity index (χ0) is 20.1. The van der Waals surface area contributed by atoms with Gasteiger partial charge in [0, 0.05) is 12.1 Å². The molecule has 2 amide bonds. The molecule has 2 aromatic rings. The highest BCUT2D eigenvalue weighted by atomic mass is 35.5. The molecule has 1 unspecified atom stereocenters. The predicted octanol–water partition coefficient (Wildman–Crippen LogP) is 2.98. The zero-order valence-electron chi connectivity index (χ0n) is 15.5. The van der Waals surface area contributed by atoms with Crippen LogP contribution in [0.5, 0.6) is 0 Å². The van der Waals surface area contributed by atoms with Gasteiger partial charge in [-0.15, -0.1) is 0 Å². The SMILES string of the molecule is CC(O)c1ccc(NC(=O)C2CCNCC2)c(C(=O)Nc2ccc(Cl)cn2)c1. The molecule has 1 atom stereocenters. The molecule has 0 radical (unpaired) electrons. The molecule has 8 heteroatoms. The second-order valence-electron chi connectivity index (χ2n) is 6.81. The number of hydrogen-bond donors (Lipinski definition) is 4. The Morgan fingerprint density at radius 3 is 2.61 bits per heavy atom. The molecular formula is C20H23ClN4O3. The van der Waals surface area contributed by atoms with E-state index in [1.807, 2.05) is 0 Å². The Kier molecular flexibility index (Phi) is 6.61. The van der Waals surface area contributed by atoms with Crippen molar-refractivity contribution in [1.29, 1.82) is 0 Å². The molecular weight excluding hydrogens is 380 g/mol. The molecule has 4 N–H and O–H groups in total. The third-order valence-corrected chi connectivity index (χ3v) is 4.93. The molecule has 1 aromatic heterocycles. The normalized spacial score (nSPS) is 15.7. The van der Waals surface area contributed by atoms with Gasteiger partial charge >= 0.3 is 0 Å². The van der Waals surface area contributed by atoms with Gasteiger partial charge in [-0.05, 0) is 62.7 Å². The van der Waals surface area contributed by atoms with Crippen LogP contribution in [-0.2, 0) is 4.79 Å². The van der Waals surface area contributed by atoms with E-state index in [-0.39, 0.29) is 17.4 Å². The summed E-state index contributed by atoms with van der Waals surface area (Å²) in [5, 5.41) is 19.1. The average molecular weight is 403 g/mol. The van der Waals surface area contributed by atoms with Gasteiger partial charge in [0.05, 0.1) is 22.4 Å². The van der Waals surface area contributed by atoms with Crippen LogP contribution in [0, 0.1) is 5.92 Å². The van der Waals surface area contributed by atoms with Gasteiger partial charge in [0.25, 0.3) is 5.91 Å². The summed E-state index contributed by atoms with van der Waals surface area (Å²) in [5.74, 6) is -0.290. The standard InChI is InChI=1S/C20H23ClN4O3/c1-12(26)14-2-4-17(24-19(27)13-6-8-22-9-7-13)16(10-14)20(28)25-18-5-3-15(21)11-23-18/h2-5,10-13,22,26H,6-9H2,1H3,(H,24,27)(H,23,25,28). The Hall–Kier alpha value is -2.48. The van der Waals surface area contributed by atoms with Crippen LogP contribution in [0.25, 0.3) is 0 Å². The minimum atomic E-state index is -0.741. The van der Waals surface area contributed by atoms with Crippen molar-refractivity contribution in [2.75, 3.05) is 23.7 Å². The highest BCUT2D eigenvalue weighted by molar-refractivity contribution is 6.30. The van der Waals surface area contributed by atoms with E-state index >= 15 is 0 Å². The summed E-state index contributed by atoms with van der Waals surface area (Å²) in [5.41, 5.74) is 1.24. The third-order valence-electron chi connectivity index (χ3n) is 4.71. The van der Waals surface area contributed by atoms with Crippen LogP contribution in [0.3, 0.4) is 0 Å². The Labute approximate surface area is 168 Å². The van der Waals surface area contributed by atoms with Crippen molar-refractivity contribution < 1.29 is 14.7 Å². The summed E-state index contributed by atoms with van der Waals surface area (Å²) < 4.78 is 0. The molecule has 7 nitrogen and oxygen atoms in total. The van der Waals surface area contributed by atoms with Gasteiger partial charge in [-0.1, -0.05) is 17.7 Å². The van der Waals surface area contributed by atoms with Crippen molar-refractivity contribution in [3.8, 4) is 0 Å². The quantitative estimate of drug-likeness (QED) is 0.615. The van der Waals surface area contributed by atoms with Crippen molar-refractivity contribution in [2.45, 2.75) is 25.9 Å². The molecule has 148 valence electrons. The number of hydrogen-bond acceptors (Lipinski definition) is 5. The fourth-order valence-corrected chi connectivity index (χ4v) is 3.18. The van der Waals surface area contributed by atoms with Crippen molar-refractivity contribution in [2.24, 2.45) is 5.92 Å². The number of piperidine rings is 1. The van der Waals surface area contributed by atoms with Crippen LogP contribution in [0.4, 0.5) is 11.5 Å². The van der Waals surface area contributed by atoms with Crippen LogP contribution in [0.2, 0.25) is 5.02 Å². The number of rotatable bonds is 5. The summed E-state index contributed by atoms with van der Waals surface area (Å²) in [6, 6.07) is 8.13. The first-order valence-electron chi connectivity index (χ1n) is 9.20. The summed E-state index contributed by atoms with van der Waals surface area (Å²) in [7, 11) is 0. The molecule has 28 heavy (non-hydrogen) atoms. The zero-order valence-corrected chi connectivity index (χ0v) is 16.3. The van der Waals surface area contributed by atoms with E-state index in [0.29, 0.717) is 22.1 Å². The number of nitrogens with one attached hydrogen (secondary N) is 3. The predicted molar refractivity (Wildman–Crippen MR) is 108 cm³/mol. The van der Waals surface area contributed by atoms with Crippen molar-refractivity contribution in [1.82, 2.24) is 10.3 Å². The number of carbonyl (C=O) groups excluding carboxylic acids is 2. The molecule has 2 heterocycles. The lowest BCUT2D eigenvalue weighted by atomic mass is 9.96. The number of anilines is 2. The number of amides is 2. The smallest absolute Gasteiger partial charge is 0.258 e. The molecule has 1 aromatic carbocycles. The number of halogens is 1. The summed E-state index contributed by atoms with van der Waals surface area (Å²) >= 11 is 5.82. The Morgan fingerprint density at radius 2 is 1.96 bits per heavy atom. The number of pyridine rings is 1. The van der Waals surface area contributed by atoms with E-state index < -0.39 is 12.0 Å². The average Bonchev–Trinajstić information content (AvgIpc) is 2.70. The van der Waals surface area contributed by atoms with E-state index in [2.05, 4.69) is 20.9 Å². The molecule has 1 aliphatic heterocycles. The van der Waals surface area contributed by atoms with Crippen molar-refractivity contribution in [3.05, 3.63) is 52.7 Å². The van der Waals surface area contributed by atoms with E-state index in [9.17, 15) is 14.7 Å². The molecule has 3 rings (SSSR count). The highest BCUT2D eigenvalue weighted by Crippen LogP contribution is 2.24. The fourth-order valence-electron chi connectivity index (χ4n) is 3.07. The first-order valence-corrected chi connectivity index (χ1v) is 9.58. The molecule has 0 aliphatic carbocycles. The number of aliphatic hydroxyl groups excluding tert-OH is 1.